The average molecular weight is 770 g/mol. The van der Waals surface area contributed by atoms with Crippen LogP contribution in [0.5, 0.6) is 0 Å². The zero-order valence-corrected chi connectivity index (χ0v) is 33.4. The number of rotatable bonds is 5. The predicted octanol–water partition coefficient (Wildman–Crippen LogP) is 14.2. The van der Waals surface area contributed by atoms with E-state index in [2.05, 4.69) is 152 Å². The number of aromatic nitrogens is 3. The molecule has 0 saturated heterocycles. The lowest BCUT2D eigenvalue weighted by molar-refractivity contribution is -0.0393. The number of hydrogen-bond donors (Lipinski definition) is 0. The Hall–Kier alpha value is -6.71. The van der Waals surface area contributed by atoms with Crippen molar-refractivity contribution in [3.63, 3.8) is 0 Å². The third kappa shape index (κ3) is 5.11. The molecule has 4 saturated carbocycles. The van der Waals surface area contributed by atoms with Gasteiger partial charge in [-0.2, -0.15) is 0 Å². The van der Waals surface area contributed by atoms with E-state index in [1.807, 2.05) is 24.3 Å². The lowest BCUT2D eigenvalue weighted by Crippen LogP contribution is -2.55. The van der Waals surface area contributed by atoms with Crippen LogP contribution in [0.2, 0.25) is 0 Å². The van der Waals surface area contributed by atoms with Gasteiger partial charge in [-0.3, -0.25) is 0 Å². The van der Waals surface area contributed by atoms with Crippen LogP contribution in [0.1, 0.15) is 43.2 Å². The van der Waals surface area contributed by atoms with Gasteiger partial charge in [-0.1, -0.05) is 164 Å². The van der Waals surface area contributed by atoms with Crippen molar-refractivity contribution in [2.45, 2.75) is 37.5 Å². The molecule has 3 heteroatoms. The third-order valence-electron chi connectivity index (χ3n) is 14.9. The smallest absolute Gasteiger partial charge is 0.164 e. The van der Waals surface area contributed by atoms with E-state index >= 15 is 0 Å². The highest BCUT2D eigenvalue weighted by atomic mass is 15.0. The Morgan fingerprint density at radius 2 is 0.900 bits per heavy atom. The highest BCUT2D eigenvalue weighted by molar-refractivity contribution is 6.01. The molecule has 0 aliphatic heterocycles. The van der Waals surface area contributed by atoms with Crippen LogP contribution in [-0.4, -0.2) is 15.0 Å². The maximum atomic E-state index is 5.13. The van der Waals surface area contributed by atoms with E-state index in [1.54, 1.807) is 11.1 Å². The minimum Gasteiger partial charge on any atom is -0.208 e. The summed E-state index contributed by atoms with van der Waals surface area (Å²) >= 11 is 0. The Morgan fingerprint density at radius 3 is 1.63 bits per heavy atom. The van der Waals surface area contributed by atoms with Gasteiger partial charge < -0.3 is 0 Å². The summed E-state index contributed by atoms with van der Waals surface area (Å²) in [4.78, 5) is 15.2. The van der Waals surface area contributed by atoms with Gasteiger partial charge in [-0.05, 0) is 134 Å². The molecule has 0 N–H and O–H groups in total. The van der Waals surface area contributed by atoms with Gasteiger partial charge in [0.15, 0.2) is 17.5 Å². The standard InChI is InChI=1S/C57H43N3/c1-3-10-37(11-4-1)38-18-20-41(21-19-38)55-58-54(40-13-5-2-6-14-40)59-56(60-55)44-24-25-48-42(33-44)15-9-17-47(48)43-23-26-50-51-27-22-39-12-7-8-16-49(39)53(51)57(52(50)34-43)45-29-35-28-36(31-45)32-46(57)30-35/h1-27,33-36,45-46H,28-32H2. The molecular weight excluding hydrogens is 727 g/mol. The van der Waals surface area contributed by atoms with Crippen LogP contribution in [0, 0.1) is 23.7 Å². The van der Waals surface area contributed by atoms with Gasteiger partial charge in [-0.15, -0.1) is 0 Å². The maximum Gasteiger partial charge on any atom is 0.164 e. The first-order valence-corrected chi connectivity index (χ1v) is 21.9. The van der Waals surface area contributed by atoms with Crippen molar-refractivity contribution < 1.29 is 0 Å². The molecule has 286 valence electrons. The van der Waals surface area contributed by atoms with Crippen LogP contribution < -0.4 is 0 Å². The Bertz CT molecular complexity index is 3120. The first-order chi connectivity index (χ1) is 29.7. The van der Waals surface area contributed by atoms with E-state index < -0.39 is 0 Å². The van der Waals surface area contributed by atoms with E-state index in [0.29, 0.717) is 29.3 Å². The van der Waals surface area contributed by atoms with Gasteiger partial charge in [0.1, 0.15) is 0 Å². The molecule has 8 aromatic carbocycles. The van der Waals surface area contributed by atoms with Crippen LogP contribution >= 0.6 is 0 Å². The minimum absolute atomic E-state index is 0.0848. The van der Waals surface area contributed by atoms with Gasteiger partial charge >= 0.3 is 0 Å². The second-order valence-electron chi connectivity index (χ2n) is 18.0. The molecule has 0 unspecified atom stereocenters. The average Bonchev–Trinajstić information content (AvgIpc) is 3.61. The van der Waals surface area contributed by atoms with Crippen LogP contribution in [0.25, 0.3) is 89.1 Å². The second kappa shape index (κ2) is 13.1. The molecule has 5 aliphatic carbocycles. The third-order valence-corrected chi connectivity index (χ3v) is 14.9. The van der Waals surface area contributed by atoms with Crippen molar-refractivity contribution in [2.75, 3.05) is 0 Å². The molecule has 3 nitrogen and oxygen atoms in total. The van der Waals surface area contributed by atoms with E-state index in [-0.39, 0.29) is 5.41 Å². The van der Waals surface area contributed by atoms with Crippen molar-refractivity contribution in [2.24, 2.45) is 23.7 Å². The second-order valence-corrected chi connectivity index (χ2v) is 18.0. The molecule has 1 spiro atoms. The van der Waals surface area contributed by atoms with Crippen LogP contribution in [0.4, 0.5) is 0 Å². The number of fused-ring (bicyclic) bond motifs is 6. The molecule has 9 aromatic rings. The first kappa shape index (κ1) is 34.2. The number of hydrogen-bond acceptors (Lipinski definition) is 3. The molecule has 1 aromatic heterocycles. The summed E-state index contributed by atoms with van der Waals surface area (Å²) in [6.07, 6.45) is 6.96. The van der Waals surface area contributed by atoms with Gasteiger partial charge in [0, 0.05) is 22.1 Å². The topological polar surface area (TPSA) is 38.7 Å². The molecule has 60 heavy (non-hydrogen) atoms. The molecule has 4 fully saturated rings. The van der Waals surface area contributed by atoms with Crippen molar-refractivity contribution >= 4 is 21.5 Å². The van der Waals surface area contributed by atoms with Crippen molar-refractivity contribution in [3.05, 3.63) is 187 Å². The monoisotopic (exact) mass is 769 g/mol. The highest BCUT2D eigenvalue weighted by Gasteiger charge is 2.62. The Labute approximate surface area is 350 Å². The quantitative estimate of drug-likeness (QED) is 0.175. The normalized spacial score (nSPS) is 22.1. The van der Waals surface area contributed by atoms with E-state index in [4.69, 9.17) is 15.0 Å². The van der Waals surface area contributed by atoms with Crippen molar-refractivity contribution in [3.8, 4) is 67.5 Å². The summed E-state index contributed by atoms with van der Waals surface area (Å²) in [5.41, 5.74) is 14.1. The molecule has 0 amide bonds. The fourth-order valence-corrected chi connectivity index (χ4v) is 12.6. The number of nitrogens with zero attached hydrogens (tertiary/aromatic N) is 3. The van der Waals surface area contributed by atoms with Crippen LogP contribution in [0.3, 0.4) is 0 Å². The van der Waals surface area contributed by atoms with Gasteiger partial charge in [0.2, 0.25) is 0 Å². The molecule has 5 aliphatic rings. The maximum absolute atomic E-state index is 5.13. The van der Waals surface area contributed by atoms with Crippen molar-refractivity contribution in [1.29, 1.82) is 0 Å². The molecule has 0 radical (unpaired) electrons. The van der Waals surface area contributed by atoms with E-state index in [9.17, 15) is 0 Å². The molecule has 14 rings (SSSR count). The van der Waals surface area contributed by atoms with Gasteiger partial charge in [0.25, 0.3) is 0 Å². The summed E-state index contributed by atoms with van der Waals surface area (Å²) in [7, 11) is 0. The first-order valence-electron chi connectivity index (χ1n) is 21.9. The fourth-order valence-electron chi connectivity index (χ4n) is 12.6. The lowest BCUT2D eigenvalue weighted by atomic mass is 9.43. The number of benzene rings is 8. The zero-order valence-electron chi connectivity index (χ0n) is 33.4. The van der Waals surface area contributed by atoms with Gasteiger partial charge in [0.05, 0.1) is 0 Å². The Balaban J connectivity index is 0.925. The molecule has 1 heterocycles. The molecule has 4 bridgehead atoms. The lowest BCUT2D eigenvalue weighted by Gasteiger charge is -2.61. The van der Waals surface area contributed by atoms with E-state index in [1.165, 1.54) is 81.5 Å². The minimum atomic E-state index is 0.0848. The highest BCUT2D eigenvalue weighted by Crippen LogP contribution is 2.70. The summed E-state index contributed by atoms with van der Waals surface area (Å²) in [5.74, 6) is 5.22. The van der Waals surface area contributed by atoms with Crippen LogP contribution in [0.15, 0.2) is 176 Å². The van der Waals surface area contributed by atoms with E-state index in [0.717, 1.165) is 34.1 Å². The summed E-state index contributed by atoms with van der Waals surface area (Å²) in [5, 5.41) is 5.28. The summed E-state index contributed by atoms with van der Waals surface area (Å²) in [6.45, 7) is 0. The molecular formula is C57H43N3. The zero-order chi connectivity index (χ0) is 39.4. The Morgan fingerprint density at radius 1 is 0.350 bits per heavy atom. The summed E-state index contributed by atoms with van der Waals surface area (Å²) in [6, 6.07) is 64.3. The molecule has 0 atom stereocenters. The predicted molar refractivity (Wildman–Crippen MR) is 245 cm³/mol. The largest absolute Gasteiger partial charge is 0.208 e. The SMILES string of the molecule is c1ccc(-c2ccc(-c3nc(-c4ccccc4)nc(-c4ccc5c(-c6ccc7c(c6)C6(c8c-7ccc7ccccc87)C7CC8CC(C7)CC6C8)cccc5c4)n3)cc2)cc1. The van der Waals surface area contributed by atoms with Crippen molar-refractivity contribution in [1.82, 2.24) is 15.0 Å². The van der Waals surface area contributed by atoms with Gasteiger partial charge in [-0.25, -0.2) is 15.0 Å². The summed E-state index contributed by atoms with van der Waals surface area (Å²) < 4.78 is 0. The van der Waals surface area contributed by atoms with Crippen LogP contribution in [-0.2, 0) is 5.41 Å². The fraction of sp³-hybridized carbons (Fsp3) is 0.175. The Kier molecular flexibility index (Phi) is 7.49.